The first-order valence-electron chi connectivity index (χ1n) is 5.71. The fraction of sp³-hybridized carbons (Fsp3) is 0.308. The van der Waals surface area contributed by atoms with Gasteiger partial charge in [-0.1, -0.05) is 13.2 Å². The summed E-state index contributed by atoms with van der Waals surface area (Å²) < 4.78 is 0. The summed E-state index contributed by atoms with van der Waals surface area (Å²) in [5, 5.41) is 16.3. The first kappa shape index (κ1) is 12.9. The zero-order valence-electron chi connectivity index (χ0n) is 10.3. The molecule has 3 N–H and O–H groups in total. The van der Waals surface area contributed by atoms with Gasteiger partial charge in [-0.15, -0.1) is 11.3 Å². The monoisotopic (exact) mass is 264 g/mol. The summed E-state index contributed by atoms with van der Waals surface area (Å²) in [4.78, 5) is 13.0. The van der Waals surface area contributed by atoms with E-state index in [2.05, 4.69) is 23.8 Å². The third-order valence-electron chi connectivity index (χ3n) is 2.89. The van der Waals surface area contributed by atoms with Crippen LogP contribution in [0.25, 0.3) is 0 Å². The van der Waals surface area contributed by atoms with Gasteiger partial charge in [0.15, 0.2) is 5.78 Å². The molecule has 0 radical (unpaired) electrons. The van der Waals surface area contributed by atoms with Crippen molar-refractivity contribution in [1.29, 1.82) is 0 Å². The summed E-state index contributed by atoms with van der Waals surface area (Å²) in [6.45, 7) is 10.3. The smallest absolute Gasteiger partial charge is 0.163 e. The van der Waals surface area contributed by atoms with Gasteiger partial charge in [-0.3, -0.25) is 4.79 Å². The second kappa shape index (κ2) is 4.96. The Labute approximate surface area is 110 Å². The van der Waals surface area contributed by atoms with Crippen LogP contribution in [-0.2, 0) is 13.0 Å². The Morgan fingerprint density at radius 3 is 2.83 bits per heavy atom. The standard InChI is InChI=1S/C13H16N2O2S/c1-7(8(2)16)15-13-12(9(3)17)10-4-5-14-6-11(10)18-13/h14-16H,1-2,4-6H2,3H3. The van der Waals surface area contributed by atoms with Gasteiger partial charge in [0.25, 0.3) is 0 Å². The molecule has 1 aliphatic heterocycles. The molecule has 0 unspecified atom stereocenters. The van der Waals surface area contributed by atoms with E-state index in [9.17, 15) is 9.90 Å². The summed E-state index contributed by atoms with van der Waals surface area (Å²) in [5.41, 5.74) is 2.16. The summed E-state index contributed by atoms with van der Waals surface area (Å²) in [6, 6.07) is 0. The maximum atomic E-state index is 11.8. The van der Waals surface area contributed by atoms with Crippen molar-refractivity contribution < 1.29 is 9.90 Å². The molecule has 18 heavy (non-hydrogen) atoms. The molecule has 1 aromatic rings. The van der Waals surface area contributed by atoms with Crippen LogP contribution in [0.2, 0.25) is 0 Å². The van der Waals surface area contributed by atoms with E-state index in [4.69, 9.17) is 0 Å². The van der Waals surface area contributed by atoms with Gasteiger partial charge in [-0.25, -0.2) is 0 Å². The predicted molar refractivity (Wildman–Crippen MR) is 74.3 cm³/mol. The minimum Gasteiger partial charge on any atom is -0.506 e. The average Bonchev–Trinajstić information content (AvgIpc) is 2.66. The van der Waals surface area contributed by atoms with Crippen molar-refractivity contribution in [3.8, 4) is 0 Å². The Morgan fingerprint density at radius 1 is 1.50 bits per heavy atom. The second-order valence-corrected chi connectivity index (χ2v) is 5.35. The van der Waals surface area contributed by atoms with Crippen molar-refractivity contribution in [3.63, 3.8) is 0 Å². The van der Waals surface area contributed by atoms with Crippen molar-refractivity contribution in [2.24, 2.45) is 0 Å². The number of aliphatic hydroxyl groups is 1. The highest BCUT2D eigenvalue weighted by atomic mass is 32.1. The van der Waals surface area contributed by atoms with E-state index in [-0.39, 0.29) is 11.5 Å². The molecule has 2 rings (SSSR count). The molecule has 0 aliphatic carbocycles. The molecule has 1 aromatic heterocycles. The van der Waals surface area contributed by atoms with Gasteiger partial charge in [0, 0.05) is 11.4 Å². The van der Waals surface area contributed by atoms with Gasteiger partial charge >= 0.3 is 0 Å². The van der Waals surface area contributed by atoms with Gasteiger partial charge in [0.2, 0.25) is 0 Å². The number of ketones is 1. The van der Waals surface area contributed by atoms with Crippen LogP contribution in [0.1, 0.15) is 27.7 Å². The summed E-state index contributed by atoms with van der Waals surface area (Å²) in [6.07, 6.45) is 0.856. The number of rotatable bonds is 4. The molecule has 0 saturated heterocycles. The van der Waals surface area contributed by atoms with Gasteiger partial charge < -0.3 is 15.7 Å². The van der Waals surface area contributed by atoms with Crippen LogP contribution in [0.4, 0.5) is 5.00 Å². The molecule has 96 valence electrons. The Hall–Kier alpha value is -1.59. The van der Waals surface area contributed by atoms with Gasteiger partial charge in [0.05, 0.1) is 11.3 Å². The van der Waals surface area contributed by atoms with Gasteiger partial charge in [-0.2, -0.15) is 0 Å². The van der Waals surface area contributed by atoms with E-state index in [1.54, 1.807) is 6.92 Å². The lowest BCUT2D eigenvalue weighted by Crippen LogP contribution is -2.23. The van der Waals surface area contributed by atoms with E-state index >= 15 is 0 Å². The Morgan fingerprint density at radius 2 is 2.22 bits per heavy atom. The van der Waals surface area contributed by atoms with Crippen LogP contribution in [-0.4, -0.2) is 17.4 Å². The first-order chi connectivity index (χ1) is 8.50. The minimum absolute atomic E-state index is 0.0354. The highest BCUT2D eigenvalue weighted by Gasteiger charge is 2.23. The Bertz CT molecular complexity index is 531. The molecule has 0 saturated carbocycles. The number of Topliss-reactive ketones (excluding diaryl/α,β-unsaturated/α-hetero) is 1. The number of hydrogen-bond acceptors (Lipinski definition) is 5. The Kier molecular flexibility index (Phi) is 3.54. The van der Waals surface area contributed by atoms with Crippen LogP contribution >= 0.6 is 11.3 Å². The lowest BCUT2D eigenvalue weighted by Gasteiger charge is -2.13. The number of hydrogen-bond donors (Lipinski definition) is 3. The number of thiophene rings is 1. The molecule has 1 aliphatic rings. The fourth-order valence-corrected chi connectivity index (χ4v) is 3.30. The third-order valence-corrected chi connectivity index (χ3v) is 4.04. The van der Waals surface area contributed by atoms with E-state index in [0.717, 1.165) is 35.6 Å². The van der Waals surface area contributed by atoms with E-state index in [1.165, 1.54) is 16.2 Å². The van der Waals surface area contributed by atoms with Crippen LogP contribution in [0, 0.1) is 0 Å². The number of fused-ring (bicyclic) bond motifs is 1. The molecule has 5 heteroatoms. The van der Waals surface area contributed by atoms with Crippen LogP contribution in [0.3, 0.4) is 0 Å². The third kappa shape index (κ3) is 2.32. The summed E-state index contributed by atoms with van der Waals surface area (Å²) in [5.74, 6) is -0.0812. The molecule has 0 fully saturated rings. The van der Waals surface area contributed by atoms with Crippen molar-refractivity contribution in [1.82, 2.24) is 5.32 Å². The molecular weight excluding hydrogens is 248 g/mol. The molecule has 0 amide bonds. The summed E-state index contributed by atoms with van der Waals surface area (Å²) >= 11 is 1.53. The first-order valence-corrected chi connectivity index (χ1v) is 6.52. The highest BCUT2D eigenvalue weighted by molar-refractivity contribution is 7.16. The van der Waals surface area contributed by atoms with Crippen LogP contribution in [0.5, 0.6) is 0 Å². The highest BCUT2D eigenvalue weighted by Crippen LogP contribution is 2.36. The maximum absolute atomic E-state index is 11.8. The van der Waals surface area contributed by atoms with Crippen molar-refractivity contribution >= 4 is 22.1 Å². The topological polar surface area (TPSA) is 61.4 Å². The van der Waals surface area contributed by atoms with Gasteiger partial charge in [0.1, 0.15) is 10.8 Å². The number of anilines is 1. The lowest BCUT2D eigenvalue weighted by atomic mass is 10.0. The maximum Gasteiger partial charge on any atom is 0.163 e. The quantitative estimate of drug-likeness (QED) is 0.444. The van der Waals surface area contributed by atoms with Crippen molar-refractivity contribution in [2.75, 3.05) is 11.9 Å². The minimum atomic E-state index is -0.117. The van der Waals surface area contributed by atoms with Crippen LogP contribution in [0.15, 0.2) is 24.6 Å². The average molecular weight is 264 g/mol. The fourth-order valence-electron chi connectivity index (χ4n) is 2.00. The van der Waals surface area contributed by atoms with Gasteiger partial charge in [-0.05, 0) is 25.5 Å². The molecular formula is C13H16N2O2S. The zero-order chi connectivity index (χ0) is 13.3. The van der Waals surface area contributed by atoms with Crippen molar-refractivity contribution in [3.05, 3.63) is 40.6 Å². The van der Waals surface area contributed by atoms with E-state index < -0.39 is 0 Å². The molecule has 0 spiro atoms. The predicted octanol–water partition coefficient (Wildman–Crippen LogP) is 2.59. The SMILES string of the molecule is C=C(O)C(=C)Nc1sc2c(c1C(C)=O)CCNC2. The molecule has 2 heterocycles. The molecule has 0 atom stereocenters. The van der Waals surface area contributed by atoms with E-state index in [0.29, 0.717) is 5.70 Å². The second-order valence-electron chi connectivity index (χ2n) is 4.24. The zero-order valence-corrected chi connectivity index (χ0v) is 11.1. The number of nitrogens with one attached hydrogen (secondary N) is 2. The molecule has 0 bridgehead atoms. The summed E-state index contributed by atoms with van der Waals surface area (Å²) in [7, 11) is 0. The molecule has 4 nitrogen and oxygen atoms in total. The molecule has 0 aromatic carbocycles. The number of carbonyl (C=O) groups excluding carboxylic acids is 1. The largest absolute Gasteiger partial charge is 0.506 e. The van der Waals surface area contributed by atoms with Crippen molar-refractivity contribution in [2.45, 2.75) is 19.9 Å². The lowest BCUT2D eigenvalue weighted by molar-refractivity contribution is 0.101. The number of carbonyl (C=O) groups is 1. The normalized spacial score (nSPS) is 13.8. The van der Waals surface area contributed by atoms with E-state index in [1.807, 2.05) is 0 Å². The number of aliphatic hydroxyl groups excluding tert-OH is 1. The van der Waals surface area contributed by atoms with Crippen LogP contribution < -0.4 is 10.6 Å². The Balaban J connectivity index is 2.40.